The molecule has 1 heterocycles. The summed E-state index contributed by atoms with van der Waals surface area (Å²) in [6.07, 6.45) is 1.44. The SMILES string of the molecule is Cc1cccc(N/C=C(/C#N)C(=O)N2CC(C)OC(C)C2)c1. The maximum atomic E-state index is 12.4. The maximum Gasteiger partial charge on any atom is 0.266 e. The van der Waals surface area contributed by atoms with Crippen LogP contribution < -0.4 is 5.32 Å². The van der Waals surface area contributed by atoms with E-state index in [1.165, 1.54) is 6.20 Å². The van der Waals surface area contributed by atoms with Gasteiger partial charge in [-0.15, -0.1) is 0 Å². The molecule has 1 aromatic carbocycles. The first-order chi connectivity index (χ1) is 10.5. The Bertz CT molecular complexity index is 609. The molecule has 1 amide bonds. The average molecular weight is 299 g/mol. The fraction of sp³-hybridized carbons (Fsp3) is 0.412. The third-order valence-corrected chi connectivity index (χ3v) is 3.46. The standard InChI is InChI=1S/C17H21N3O2/c1-12-5-4-6-16(7-12)19-9-15(8-18)17(21)20-10-13(2)22-14(3)11-20/h4-7,9,13-14,19H,10-11H2,1-3H3/b15-9-. The third kappa shape index (κ3) is 4.09. The maximum absolute atomic E-state index is 12.4. The molecule has 2 atom stereocenters. The number of benzene rings is 1. The Balaban J connectivity index is 2.08. The lowest BCUT2D eigenvalue weighted by Gasteiger charge is -2.35. The summed E-state index contributed by atoms with van der Waals surface area (Å²) in [4.78, 5) is 14.1. The van der Waals surface area contributed by atoms with Crippen LogP contribution >= 0.6 is 0 Å². The van der Waals surface area contributed by atoms with E-state index in [-0.39, 0.29) is 23.7 Å². The first kappa shape index (κ1) is 16.1. The molecule has 1 fully saturated rings. The summed E-state index contributed by atoms with van der Waals surface area (Å²) in [6.45, 7) is 6.86. The highest BCUT2D eigenvalue weighted by Crippen LogP contribution is 2.14. The largest absolute Gasteiger partial charge is 0.372 e. The van der Waals surface area contributed by atoms with Gasteiger partial charge in [0.25, 0.3) is 5.91 Å². The van der Waals surface area contributed by atoms with Gasteiger partial charge in [-0.1, -0.05) is 12.1 Å². The molecule has 2 unspecified atom stereocenters. The van der Waals surface area contributed by atoms with Gasteiger partial charge in [0.15, 0.2) is 0 Å². The minimum absolute atomic E-state index is 0.0163. The lowest BCUT2D eigenvalue weighted by molar-refractivity contribution is -0.138. The Kier molecular flexibility index (Phi) is 5.18. The van der Waals surface area contributed by atoms with Gasteiger partial charge in [0.2, 0.25) is 0 Å². The first-order valence-electron chi connectivity index (χ1n) is 7.38. The van der Waals surface area contributed by atoms with Crippen LogP contribution in [0, 0.1) is 18.3 Å². The van der Waals surface area contributed by atoms with E-state index in [0.717, 1.165) is 11.3 Å². The van der Waals surface area contributed by atoms with Crippen molar-refractivity contribution in [2.24, 2.45) is 0 Å². The summed E-state index contributed by atoms with van der Waals surface area (Å²) in [5.41, 5.74) is 2.06. The molecule has 1 aromatic rings. The normalized spacial score (nSPS) is 22.1. The Morgan fingerprint density at radius 2 is 2.09 bits per heavy atom. The lowest BCUT2D eigenvalue weighted by Crippen LogP contribution is -2.48. The quantitative estimate of drug-likeness (QED) is 0.688. The molecular formula is C17H21N3O2. The van der Waals surface area contributed by atoms with Crippen molar-refractivity contribution in [2.45, 2.75) is 33.0 Å². The van der Waals surface area contributed by atoms with Gasteiger partial charge in [-0.2, -0.15) is 5.26 Å². The molecule has 116 valence electrons. The molecule has 1 aliphatic heterocycles. The Labute approximate surface area is 131 Å². The summed E-state index contributed by atoms with van der Waals surface area (Å²) >= 11 is 0. The van der Waals surface area contributed by atoms with Gasteiger partial charge in [-0.3, -0.25) is 4.79 Å². The van der Waals surface area contributed by atoms with Crippen molar-refractivity contribution in [2.75, 3.05) is 18.4 Å². The van der Waals surface area contributed by atoms with Gasteiger partial charge in [0.05, 0.1) is 12.2 Å². The molecule has 0 saturated carbocycles. The van der Waals surface area contributed by atoms with E-state index in [9.17, 15) is 10.1 Å². The predicted octanol–water partition coefficient (Wildman–Crippen LogP) is 2.45. The first-order valence-corrected chi connectivity index (χ1v) is 7.38. The third-order valence-electron chi connectivity index (χ3n) is 3.46. The molecule has 0 aliphatic carbocycles. The van der Waals surface area contributed by atoms with E-state index in [1.807, 2.05) is 51.1 Å². The van der Waals surface area contributed by atoms with Crippen molar-refractivity contribution < 1.29 is 9.53 Å². The number of rotatable bonds is 3. The lowest BCUT2D eigenvalue weighted by atomic mass is 10.2. The molecular weight excluding hydrogens is 278 g/mol. The number of anilines is 1. The van der Waals surface area contributed by atoms with Gasteiger partial charge in [-0.25, -0.2) is 0 Å². The highest BCUT2D eigenvalue weighted by Gasteiger charge is 2.27. The molecule has 0 aromatic heterocycles. The van der Waals surface area contributed by atoms with Crippen molar-refractivity contribution in [3.63, 3.8) is 0 Å². The van der Waals surface area contributed by atoms with E-state index >= 15 is 0 Å². The number of ether oxygens (including phenoxy) is 1. The molecule has 5 heteroatoms. The molecule has 22 heavy (non-hydrogen) atoms. The summed E-state index contributed by atoms with van der Waals surface area (Å²) < 4.78 is 5.61. The Morgan fingerprint density at radius 3 is 2.68 bits per heavy atom. The van der Waals surface area contributed by atoms with Crippen LogP contribution in [0.1, 0.15) is 19.4 Å². The van der Waals surface area contributed by atoms with Gasteiger partial charge in [0.1, 0.15) is 11.6 Å². The van der Waals surface area contributed by atoms with Crippen LogP contribution in [0.5, 0.6) is 0 Å². The van der Waals surface area contributed by atoms with Crippen molar-refractivity contribution in [1.82, 2.24) is 4.90 Å². The Morgan fingerprint density at radius 1 is 1.41 bits per heavy atom. The van der Waals surface area contributed by atoms with Gasteiger partial charge < -0.3 is 15.0 Å². The van der Waals surface area contributed by atoms with Crippen molar-refractivity contribution in [3.05, 3.63) is 41.6 Å². The number of hydrogen-bond acceptors (Lipinski definition) is 4. The van der Waals surface area contributed by atoms with E-state index < -0.39 is 0 Å². The van der Waals surface area contributed by atoms with Crippen LogP contribution in [-0.4, -0.2) is 36.1 Å². The second kappa shape index (κ2) is 7.10. The molecule has 0 spiro atoms. The van der Waals surface area contributed by atoms with E-state index in [2.05, 4.69) is 5.32 Å². The van der Waals surface area contributed by atoms with Gasteiger partial charge >= 0.3 is 0 Å². The fourth-order valence-electron chi connectivity index (χ4n) is 2.55. The number of nitrogens with zero attached hydrogens (tertiary/aromatic N) is 2. The monoisotopic (exact) mass is 299 g/mol. The molecule has 0 radical (unpaired) electrons. The highest BCUT2D eigenvalue weighted by atomic mass is 16.5. The molecule has 1 N–H and O–H groups in total. The van der Waals surface area contributed by atoms with Crippen LogP contribution in [0.15, 0.2) is 36.0 Å². The minimum Gasteiger partial charge on any atom is -0.372 e. The zero-order chi connectivity index (χ0) is 16.1. The van der Waals surface area contributed by atoms with Crippen molar-refractivity contribution in [1.29, 1.82) is 5.26 Å². The number of nitrogens with one attached hydrogen (secondary N) is 1. The second-order valence-electron chi connectivity index (χ2n) is 5.65. The summed E-state index contributed by atoms with van der Waals surface area (Å²) in [6, 6.07) is 9.73. The van der Waals surface area contributed by atoms with Crippen molar-refractivity contribution >= 4 is 11.6 Å². The molecule has 5 nitrogen and oxygen atoms in total. The second-order valence-corrected chi connectivity index (χ2v) is 5.65. The zero-order valence-corrected chi connectivity index (χ0v) is 13.2. The van der Waals surface area contributed by atoms with E-state index in [1.54, 1.807) is 4.90 Å². The minimum atomic E-state index is -0.260. The highest BCUT2D eigenvalue weighted by molar-refractivity contribution is 5.97. The number of morpholine rings is 1. The smallest absolute Gasteiger partial charge is 0.266 e. The number of carbonyl (C=O) groups is 1. The van der Waals surface area contributed by atoms with Crippen LogP contribution in [0.25, 0.3) is 0 Å². The van der Waals surface area contributed by atoms with Crippen LogP contribution in [-0.2, 0) is 9.53 Å². The van der Waals surface area contributed by atoms with Crippen LogP contribution in [0.2, 0.25) is 0 Å². The Hall–Kier alpha value is -2.32. The number of carbonyl (C=O) groups excluding carboxylic acids is 1. The number of amides is 1. The van der Waals surface area contributed by atoms with Gasteiger partial charge in [-0.05, 0) is 38.5 Å². The summed E-state index contributed by atoms with van der Waals surface area (Å²) in [7, 11) is 0. The fourth-order valence-corrected chi connectivity index (χ4v) is 2.55. The molecule has 1 saturated heterocycles. The van der Waals surface area contributed by atoms with Gasteiger partial charge in [0, 0.05) is 25.0 Å². The van der Waals surface area contributed by atoms with Crippen LogP contribution in [0.4, 0.5) is 5.69 Å². The summed E-state index contributed by atoms with van der Waals surface area (Å²) in [5.74, 6) is -0.260. The number of hydrogen-bond donors (Lipinski definition) is 1. The number of nitriles is 1. The number of aryl methyl sites for hydroxylation is 1. The summed E-state index contributed by atoms with van der Waals surface area (Å²) in [5, 5.41) is 12.3. The van der Waals surface area contributed by atoms with E-state index in [0.29, 0.717) is 13.1 Å². The average Bonchev–Trinajstić information content (AvgIpc) is 2.46. The predicted molar refractivity (Wildman–Crippen MR) is 85.1 cm³/mol. The topological polar surface area (TPSA) is 65.4 Å². The van der Waals surface area contributed by atoms with Crippen LogP contribution in [0.3, 0.4) is 0 Å². The zero-order valence-electron chi connectivity index (χ0n) is 13.2. The molecule has 0 bridgehead atoms. The van der Waals surface area contributed by atoms with Crippen molar-refractivity contribution in [3.8, 4) is 6.07 Å². The molecule has 1 aliphatic rings. The molecule has 2 rings (SSSR count). The van der Waals surface area contributed by atoms with E-state index in [4.69, 9.17) is 4.74 Å².